The first kappa shape index (κ1) is 42.2. The summed E-state index contributed by atoms with van der Waals surface area (Å²) < 4.78 is 67.4. The van der Waals surface area contributed by atoms with Crippen molar-refractivity contribution in [2.24, 2.45) is 11.3 Å². The van der Waals surface area contributed by atoms with Crippen molar-refractivity contribution in [3.8, 4) is 0 Å². The highest BCUT2D eigenvalue weighted by Crippen LogP contribution is 2.47. The van der Waals surface area contributed by atoms with E-state index in [1.165, 1.54) is 26.2 Å². The van der Waals surface area contributed by atoms with Crippen LogP contribution in [0.3, 0.4) is 0 Å². The van der Waals surface area contributed by atoms with Crippen molar-refractivity contribution in [3.05, 3.63) is 58.6 Å². The van der Waals surface area contributed by atoms with Crippen LogP contribution >= 0.6 is 11.6 Å². The minimum absolute atomic E-state index is 0.0393. The molecule has 0 radical (unpaired) electrons. The van der Waals surface area contributed by atoms with Gasteiger partial charge in [-0.15, -0.1) is 0 Å². The van der Waals surface area contributed by atoms with Gasteiger partial charge in [-0.3, -0.25) is 24.0 Å². The van der Waals surface area contributed by atoms with Gasteiger partial charge in [0.1, 0.15) is 23.7 Å². The number of ether oxygens (including phenoxy) is 2. The number of hydrogen-bond donors (Lipinski definition) is 3. The van der Waals surface area contributed by atoms with E-state index in [2.05, 4.69) is 15.4 Å². The molecule has 0 bridgehead atoms. The third kappa shape index (κ3) is 8.53. The second-order valence-corrected chi connectivity index (χ2v) is 21.2. The molecule has 0 spiro atoms. The standard InChI is InChI=1S/C39H51ClN6O10S2/c1-5-25-20-39(25,36(49)43-57(51,52)28-12-13-28)42-34(47)32-19-27(56-37(50)44-21-24-8-6-11-31(40)30(24)23-44)22-46(32)35(48)33(38(2,3)4)41-26-9-7-10-29(18-26)58(53,54)45-14-16-55-17-15-45/h6-11,18,25,27-28,32-33,41H,5,12-17,19-23H2,1-4H3,(H,42,47)(H,43,49)/t25-,27?,32-,33+,39+/m0/s1. The zero-order chi connectivity index (χ0) is 41.8. The van der Waals surface area contributed by atoms with Crippen molar-refractivity contribution < 1.29 is 45.5 Å². The molecule has 2 aromatic rings. The Bertz CT molecular complexity index is 2190. The average Bonchev–Trinajstić information content (AvgIpc) is 4.07. The van der Waals surface area contributed by atoms with Crippen molar-refractivity contribution in [2.45, 2.75) is 107 Å². The van der Waals surface area contributed by atoms with E-state index in [9.17, 15) is 36.0 Å². The van der Waals surface area contributed by atoms with E-state index in [0.717, 1.165) is 11.1 Å². The lowest BCUT2D eigenvalue weighted by Gasteiger charge is -2.36. The molecule has 2 aliphatic carbocycles. The SMILES string of the molecule is CC[C@H]1C[C@]1(NC(=O)[C@@H]1CC(OC(=O)N2Cc3cccc(Cl)c3C2)CN1C(=O)[C@@H](Nc1cccc(S(=O)(=O)N2CCOCC2)c1)C(C)(C)C)C(=O)NS(=O)(=O)C1CC1. The number of likely N-dealkylation sites (tertiary alicyclic amines) is 1. The van der Waals surface area contributed by atoms with E-state index >= 15 is 0 Å². The first-order valence-electron chi connectivity index (χ1n) is 19.7. The van der Waals surface area contributed by atoms with Gasteiger partial charge >= 0.3 is 6.09 Å². The highest BCUT2D eigenvalue weighted by Gasteiger charge is 2.62. The summed E-state index contributed by atoms with van der Waals surface area (Å²) in [6.07, 6.45) is -0.0571. The lowest BCUT2D eigenvalue weighted by atomic mass is 9.85. The molecule has 3 N–H and O–H groups in total. The van der Waals surface area contributed by atoms with Crippen molar-refractivity contribution in [1.82, 2.24) is 24.1 Å². The maximum absolute atomic E-state index is 14.8. The maximum atomic E-state index is 14.8. The number of halogens is 1. The Kier molecular flexibility index (Phi) is 11.6. The molecule has 0 aromatic heterocycles. The van der Waals surface area contributed by atoms with Crippen LogP contribution in [0.5, 0.6) is 0 Å². The Balaban J connectivity index is 1.14. The number of anilines is 1. The average molecular weight is 863 g/mol. The lowest BCUT2D eigenvalue weighted by Crippen LogP contribution is -2.58. The van der Waals surface area contributed by atoms with Crippen LogP contribution in [0.2, 0.25) is 5.02 Å². The number of benzene rings is 2. The van der Waals surface area contributed by atoms with Crippen LogP contribution < -0.4 is 15.4 Å². The Morgan fingerprint density at radius 2 is 1.72 bits per heavy atom. The summed E-state index contributed by atoms with van der Waals surface area (Å²) >= 11 is 6.39. The molecule has 4 amide bonds. The molecule has 16 nitrogen and oxygen atoms in total. The molecule has 316 valence electrons. The normalized spacial score (nSPS) is 25.4. The number of sulfonamides is 2. The van der Waals surface area contributed by atoms with Gasteiger partial charge in [0, 0.05) is 36.8 Å². The zero-order valence-electron chi connectivity index (χ0n) is 33.0. The van der Waals surface area contributed by atoms with E-state index in [4.69, 9.17) is 21.1 Å². The van der Waals surface area contributed by atoms with E-state index in [0.29, 0.717) is 30.0 Å². The van der Waals surface area contributed by atoms with Crippen LogP contribution in [0.15, 0.2) is 47.4 Å². The number of fused-ring (bicyclic) bond motifs is 1. The van der Waals surface area contributed by atoms with Gasteiger partial charge in [-0.2, -0.15) is 4.31 Å². The zero-order valence-corrected chi connectivity index (χ0v) is 35.4. The fourth-order valence-corrected chi connectivity index (χ4v) is 11.1. The van der Waals surface area contributed by atoms with Crippen molar-refractivity contribution in [2.75, 3.05) is 38.2 Å². The summed E-state index contributed by atoms with van der Waals surface area (Å²) in [5.74, 6) is -2.36. The number of amides is 4. The van der Waals surface area contributed by atoms with Crippen LogP contribution in [0.25, 0.3) is 0 Å². The summed E-state index contributed by atoms with van der Waals surface area (Å²) in [6, 6.07) is 9.38. The minimum Gasteiger partial charge on any atom is -0.444 e. The van der Waals surface area contributed by atoms with Crippen molar-refractivity contribution in [1.29, 1.82) is 0 Å². The minimum atomic E-state index is -3.91. The third-order valence-electron chi connectivity index (χ3n) is 11.7. The van der Waals surface area contributed by atoms with E-state index in [1.807, 2.05) is 33.8 Å². The van der Waals surface area contributed by atoms with Gasteiger partial charge < -0.3 is 25.0 Å². The highest BCUT2D eigenvalue weighted by molar-refractivity contribution is 7.91. The van der Waals surface area contributed by atoms with Gasteiger partial charge in [-0.25, -0.2) is 21.6 Å². The van der Waals surface area contributed by atoms with Gasteiger partial charge in [0.25, 0.3) is 5.91 Å². The number of nitrogens with zero attached hydrogens (tertiary/aromatic N) is 3. The number of nitrogens with one attached hydrogen (secondary N) is 3. The quantitative estimate of drug-likeness (QED) is 0.283. The lowest BCUT2D eigenvalue weighted by molar-refractivity contribution is -0.141. The van der Waals surface area contributed by atoms with Gasteiger partial charge in [-0.05, 0) is 66.0 Å². The molecule has 7 rings (SSSR count). The number of carbonyl (C=O) groups excluding carboxylic acids is 4. The molecule has 5 atom stereocenters. The molecular weight excluding hydrogens is 812 g/mol. The highest BCUT2D eigenvalue weighted by atomic mass is 35.5. The fraction of sp³-hybridized carbons (Fsp3) is 0.590. The molecule has 2 saturated heterocycles. The largest absolute Gasteiger partial charge is 0.444 e. The molecule has 1 unspecified atom stereocenters. The van der Waals surface area contributed by atoms with Crippen molar-refractivity contribution >= 4 is 61.1 Å². The Labute approximate surface area is 344 Å². The van der Waals surface area contributed by atoms with E-state index < -0.39 is 78.3 Å². The number of morpholine rings is 1. The van der Waals surface area contributed by atoms with Crippen molar-refractivity contribution in [3.63, 3.8) is 0 Å². The maximum Gasteiger partial charge on any atom is 0.410 e. The summed E-state index contributed by atoms with van der Waals surface area (Å²) in [5.41, 5.74) is -0.243. The summed E-state index contributed by atoms with van der Waals surface area (Å²) in [7, 11) is -7.77. The molecule has 58 heavy (non-hydrogen) atoms. The first-order chi connectivity index (χ1) is 27.3. The van der Waals surface area contributed by atoms with E-state index in [-0.39, 0.29) is 69.6 Å². The van der Waals surface area contributed by atoms with Gasteiger partial charge in [0.15, 0.2) is 0 Å². The summed E-state index contributed by atoms with van der Waals surface area (Å²) in [6.45, 7) is 8.64. The van der Waals surface area contributed by atoms with Crippen LogP contribution in [0, 0.1) is 11.3 Å². The molecule has 2 aromatic carbocycles. The van der Waals surface area contributed by atoms with E-state index in [1.54, 1.807) is 24.3 Å². The molecule has 3 heterocycles. The van der Waals surface area contributed by atoms with Gasteiger partial charge in [0.2, 0.25) is 31.9 Å². The smallest absolute Gasteiger partial charge is 0.410 e. The Morgan fingerprint density at radius 3 is 2.36 bits per heavy atom. The summed E-state index contributed by atoms with van der Waals surface area (Å²) in [5, 5.41) is 5.94. The number of carbonyl (C=O) groups is 4. The Hall–Kier alpha value is -3.97. The first-order valence-corrected chi connectivity index (χ1v) is 23.1. The molecule has 19 heteroatoms. The Morgan fingerprint density at radius 1 is 1.02 bits per heavy atom. The van der Waals surface area contributed by atoms with Gasteiger partial charge in [0.05, 0.1) is 36.4 Å². The molecule has 3 aliphatic heterocycles. The van der Waals surface area contributed by atoms with Crippen LogP contribution in [-0.2, 0) is 57.0 Å². The number of hydrogen-bond acceptors (Lipinski definition) is 11. The predicted molar refractivity (Wildman–Crippen MR) is 213 cm³/mol. The second-order valence-electron chi connectivity index (χ2n) is 16.9. The molecule has 5 aliphatic rings. The monoisotopic (exact) mass is 862 g/mol. The summed E-state index contributed by atoms with van der Waals surface area (Å²) in [4.78, 5) is 59.3. The van der Waals surface area contributed by atoms with Crippen LogP contribution in [0.1, 0.15) is 70.9 Å². The molecule has 2 saturated carbocycles. The van der Waals surface area contributed by atoms with Gasteiger partial charge in [-0.1, -0.05) is 63.9 Å². The predicted octanol–water partition coefficient (Wildman–Crippen LogP) is 3.20. The fourth-order valence-electron chi connectivity index (χ4n) is 8.06. The topological polar surface area (TPSA) is 201 Å². The second kappa shape index (κ2) is 15.9. The van der Waals surface area contributed by atoms with Crippen LogP contribution in [-0.4, -0.2) is 117 Å². The molecular formula is C39H51ClN6O10S2. The molecule has 4 fully saturated rings. The third-order valence-corrected chi connectivity index (χ3v) is 15.8. The number of rotatable bonds is 12. The van der Waals surface area contributed by atoms with Crippen LogP contribution in [0.4, 0.5) is 10.5 Å².